The van der Waals surface area contributed by atoms with Gasteiger partial charge in [-0.3, -0.25) is 9.59 Å². The Kier molecular flexibility index (Phi) is 7.86. The van der Waals surface area contributed by atoms with Crippen LogP contribution in [0.5, 0.6) is 11.5 Å². The highest BCUT2D eigenvalue weighted by atomic mass is 79.9. The number of carbonyl (C=O) groups is 2. The van der Waals surface area contributed by atoms with Crippen LogP contribution in [0.15, 0.2) is 16.6 Å². The van der Waals surface area contributed by atoms with E-state index in [2.05, 4.69) is 21.9 Å². The molecule has 0 aromatic heterocycles. The number of terminal acetylenes is 1. The van der Waals surface area contributed by atoms with Crippen molar-refractivity contribution >= 4 is 27.5 Å². The average Bonchev–Trinajstić information content (AvgIpc) is 2.68. The van der Waals surface area contributed by atoms with E-state index in [0.717, 1.165) is 0 Å². The van der Waals surface area contributed by atoms with Crippen molar-refractivity contribution in [2.45, 2.75) is 71.5 Å². The van der Waals surface area contributed by atoms with Crippen molar-refractivity contribution in [3.05, 3.63) is 22.2 Å². The van der Waals surface area contributed by atoms with Gasteiger partial charge in [0, 0.05) is 18.8 Å². The summed E-state index contributed by atoms with van der Waals surface area (Å²) >= 11 is 3.51. The molecule has 2 N–H and O–H groups in total. The molecule has 2 aliphatic rings. The fourth-order valence-corrected chi connectivity index (χ4v) is 6.42. The van der Waals surface area contributed by atoms with Crippen molar-refractivity contribution in [3.63, 3.8) is 0 Å². The normalized spacial score (nSPS) is 29.3. The van der Waals surface area contributed by atoms with Gasteiger partial charge in [-0.05, 0) is 57.3 Å². The second-order valence-electron chi connectivity index (χ2n) is 11.3. The largest absolute Gasteiger partial charge is 0.493 e. The third kappa shape index (κ3) is 5.50. The molecule has 2 aliphatic carbocycles. The molecule has 0 heterocycles. The molecule has 186 valence electrons. The molecule has 2 saturated carbocycles. The van der Waals surface area contributed by atoms with Crippen molar-refractivity contribution in [2.24, 2.45) is 22.7 Å². The van der Waals surface area contributed by atoms with Crippen LogP contribution >= 0.6 is 15.9 Å². The number of hydrogen-bond acceptors (Lipinski definition) is 6. The summed E-state index contributed by atoms with van der Waals surface area (Å²) in [5.41, 5.74) is -0.0363. The summed E-state index contributed by atoms with van der Waals surface area (Å²) in [5, 5.41) is 22.4. The van der Waals surface area contributed by atoms with Crippen molar-refractivity contribution in [2.75, 3.05) is 13.7 Å². The third-order valence-electron chi connectivity index (χ3n) is 7.11. The van der Waals surface area contributed by atoms with Crippen molar-refractivity contribution in [1.82, 2.24) is 0 Å². The number of Topliss-reactive ketones (excluding diaryl/α,β-unsaturated/α-hetero) is 2. The van der Waals surface area contributed by atoms with Crippen LogP contribution in [-0.4, -0.2) is 47.7 Å². The van der Waals surface area contributed by atoms with Crippen LogP contribution in [0.25, 0.3) is 0 Å². The third-order valence-corrected chi connectivity index (χ3v) is 7.70. The SMILES string of the molecule is C#CCOc1c(Br)cc(C([C@@H]2C(=O)CC(C)(C)C[C@H]2O)[C@@H]2C(=O)CC(C)(C)C[C@@H]2O)cc1OC. The zero-order chi connectivity index (χ0) is 25.4. The molecule has 3 rings (SSSR count). The Balaban J connectivity index is 2.15. The van der Waals surface area contributed by atoms with Gasteiger partial charge in [0.2, 0.25) is 0 Å². The highest BCUT2D eigenvalue weighted by Crippen LogP contribution is 2.51. The van der Waals surface area contributed by atoms with Crippen molar-refractivity contribution in [1.29, 1.82) is 0 Å². The molecule has 5 atom stereocenters. The summed E-state index contributed by atoms with van der Waals surface area (Å²) in [6, 6.07) is 3.50. The summed E-state index contributed by atoms with van der Waals surface area (Å²) < 4.78 is 11.7. The number of aliphatic hydroxyl groups is 2. The average molecular weight is 535 g/mol. The lowest BCUT2D eigenvalue weighted by molar-refractivity contribution is -0.144. The summed E-state index contributed by atoms with van der Waals surface area (Å²) in [4.78, 5) is 26.8. The van der Waals surface area contributed by atoms with Crippen LogP contribution < -0.4 is 9.47 Å². The maximum atomic E-state index is 13.4. The lowest BCUT2D eigenvalue weighted by Crippen LogP contribution is -2.51. The van der Waals surface area contributed by atoms with E-state index in [9.17, 15) is 19.8 Å². The molecule has 2 fully saturated rings. The Labute approximate surface area is 210 Å². The monoisotopic (exact) mass is 534 g/mol. The van der Waals surface area contributed by atoms with Crippen LogP contribution in [0.1, 0.15) is 64.9 Å². The van der Waals surface area contributed by atoms with Crippen molar-refractivity contribution in [3.8, 4) is 23.8 Å². The van der Waals surface area contributed by atoms with Crippen molar-refractivity contribution < 1.29 is 29.3 Å². The lowest BCUT2D eigenvalue weighted by Gasteiger charge is -2.46. The zero-order valence-corrected chi connectivity index (χ0v) is 22.1. The molecule has 34 heavy (non-hydrogen) atoms. The smallest absolute Gasteiger partial charge is 0.176 e. The lowest BCUT2D eigenvalue weighted by atomic mass is 9.58. The highest BCUT2D eigenvalue weighted by Gasteiger charge is 2.52. The van der Waals surface area contributed by atoms with E-state index in [4.69, 9.17) is 15.9 Å². The quantitative estimate of drug-likeness (QED) is 0.529. The van der Waals surface area contributed by atoms with Crippen LogP contribution in [-0.2, 0) is 9.59 Å². The second kappa shape index (κ2) is 10.0. The van der Waals surface area contributed by atoms with Crippen LogP contribution in [0.4, 0.5) is 0 Å². The molecule has 1 aromatic carbocycles. The van der Waals surface area contributed by atoms with Gasteiger partial charge in [-0.25, -0.2) is 0 Å². The number of halogens is 1. The van der Waals surface area contributed by atoms with Gasteiger partial charge in [-0.15, -0.1) is 6.42 Å². The predicted octanol–water partition coefficient (Wildman–Crippen LogP) is 4.29. The molecule has 0 radical (unpaired) electrons. The van der Waals surface area contributed by atoms with E-state index in [-0.39, 0.29) is 29.0 Å². The maximum Gasteiger partial charge on any atom is 0.176 e. The summed E-state index contributed by atoms with van der Waals surface area (Å²) in [7, 11) is 1.50. The molecule has 0 saturated heterocycles. The molecule has 1 aromatic rings. The molecular weight excluding hydrogens is 500 g/mol. The predicted molar refractivity (Wildman–Crippen MR) is 133 cm³/mol. The number of ether oxygens (including phenoxy) is 2. The molecule has 0 bridgehead atoms. The van der Waals surface area contributed by atoms with Gasteiger partial charge >= 0.3 is 0 Å². The van der Waals surface area contributed by atoms with Gasteiger partial charge in [0.1, 0.15) is 18.2 Å². The van der Waals surface area contributed by atoms with E-state index in [1.54, 1.807) is 12.1 Å². The fraction of sp³-hybridized carbons (Fsp3) is 0.630. The Morgan fingerprint density at radius 1 is 1.06 bits per heavy atom. The molecule has 1 unspecified atom stereocenters. The van der Waals surface area contributed by atoms with Gasteiger partial charge in [0.15, 0.2) is 11.5 Å². The number of aliphatic hydroxyl groups excluding tert-OH is 2. The number of carbonyl (C=O) groups excluding carboxylic acids is 2. The van der Waals surface area contributed by atoms with E-state index in [0.29, 0.717) is 47.2 Å². The van der Waals surface area contributed by atoms with E-state index in [1.165, 1.54) is 7.11 Å². The van der Waals surface area contributed by atoms with Crippen LogP contribution in [0.2, 0.25) is 0 Å². The minimum absolute atomic E-state index is 0.0432. The van der Waals surface area contributed by atoms with E-state index >= 15 is 0 Å². The van der Waals surface area contributed by atoms with E-state index in [1.807, 2.05) is 27.7 Å². The molecule has 7 heteroatoms. The topological polar surface area (TPSA) is 93.1 Å². The van der Waals surface area contributed by atoms with Gasteiger partial charge in [-0.2, -0.15) is 0 Å². The Morgan fingerprint density at radius 2 is 1.56 bits per heavy atom. The van der Waals surface area contributed by atoms with Gasteiger partial charge in [0.05, 0.1) is 35.6 Å². The number of benzene rings is 1. The number of ketones is 2. The maximum absolute atomic E-state index is 13.4. The molecular formula is C27H35BrO6. The molecule has 0 aliphatic heterocycles. The van der Waals surface area contributed by atoms with Crippen LogP contribution in [0.3, 0.4) is 0 Å². The summed E-state index contributed by atoms with van der Waals surface area (Å²) in [6.45, 7) is 7.88. The molecule has 6 nitrogen and oxygen atoms in total. The number of hydrogen-bond donors (Lipinski definition) is 2. The minimum Gasteiger partial charge on any atom is -0.493 e. The first-order chi connectivity index (χ1) is 15.8. The Morgan fingerprint density at radius 3 is 1.97 bits per heavy atom. The number of rotatable bonds is 6. The summed E-state index contributed by atoms with van der Waals surface area (Å²) in [6.07, 6.45) is 4.94. The fourth-order valence-electron chi connectivity index (χ4n) is 5.84. The first-order valence-electron chi connectivity index (χ1n) is 11.7. The first kappa shape index (κ1) is 26.7. The number of methoxy groups -OCH3 is 1. The first-order valence-corrected chi connectivity index (χ1v) is 12.4. The second-order valence-corrected chi connectivity index (χ2v) is 12.1. The zero-order valence-electron chi connectivity index (χ0n) is 20.6. The van der Waals surface area contributed by atoms with Crippen LogP contribution in [0, 0.1) is 35.0 Å². The van der Waals surface area contributed by atoms with Gasteiger partial charge in [-0.1, -0.05) is 33.6 Å². The minimum atomic E-state index is -0.932. The summed E-state index contributed by atoms with van der Waals surface area (Å²) in [5.74, 6) is 0.700. The standard InChI is InChI=1S/C27H35BrO6/c1-7-8-34-25-16(28)9-15(10-21(25)33-6)22(23-17(29)11-26(2,3)12-18(23)30)24-19(31)13-27(4,5)14-20(24)32/h1,9-10,17,19,22-24,29,31H,8,11-14H2,2-6H3/t17-,19+,22?,23-,24-/m0/s1. The Bertz CT molecular complexity index is 950. The highest BCUT2D eigenvalue weighted by molar-refractivity contribution is 9.10. The Hall–Kier alpha value is -1.88. The van der Waals surface area contributed by atoms with E-state index < -0.39 is 30.0 Å². The molecule has 0 spiro atoms. The molecule has 0 amide bonds. The van der Waals surface area contributed by atoms with Gasteiger partial charge in [0.25, 0.3) is 0 Å². The van der Waals surface area contributed by atoms with Gasteiger partial charge < -0.3 is 19.7 Å².